The molecule has 0 spiro atoms. The molecule has 2 aromatic carbocycles. The van der Waals surface area contributed by atoms with Gasteiger partial charge in [-0.15, -0.1) is 11.3 Å². The zero-order chi connectivity index (χ0) is 20.1. The molecule has 3 rings (SSSR count). The number of rotatable bonds is 6. The van der Waals surface area contributed by atoms with E-state index in [-0.39, 0.29) is 0 Å². The summed E-state index contributed by atoms with van der Waals surface area (Å²) in [7, 11) is 3.17. The van der Waals surface area contributed by atoms with Crippen molar-refractivity contribution in [1.82, 2.24) is 4.98 Å². The molecule has 0 aliphatic heterocycles. The van der Waals surface area contributed by atoms with E-state index in [0.717, 1.165) is 11.3 Å². The molecule has 0 saturated heterocycles. The Labute approximate surface area is 176 Å². The second-order valence-electron chi connectivity index (χ2n) is 5.58. The fourth-order valence-electron chi connectivity index (χ4n) is 2.46. The maximum absolute atomic E-state index is 9.52. The first-order chi connectivity index (χ1) is 13.5. The van der Waals surface area contributed by atoms with Crippen LogP contribution in [0.1, 0.15) is 5.01 Å². The Kier molecular flexibility index (Phi) is 6.42. The standard InChI is InChI=1S/C20H15Cl2N3O2S/c1-26-18-4-3-12(5-19(18)27-2)17-11-28-20(25-17)13(9-23)10-24-16-7-14(21)6-15(22)8-16/h3-8,10-11,24H,1-2H3/b13-10-. The highest BCUT2D eigenvalue weighted by molar-refractivity contribution is 7.11. The summed E-state index contributed by atoms with van der Waals surface area (Å²) in [5.74, 6) is 1.26. The lowest BCUT2D eigenvalue weighted by Crippen LogP contribution is -1.92. The number of allylic oxidation sites excluding steroid dienone is 1. The number of hydrogen-bond donors (Lipinski definition) is 1. The molecule has 142 valence electrons. The quantitative estimate of drug-likeness (QED) is 0.476. The van der Waals surface area contributed by atoms with Crippen molar-refractivity contribution in [2.75, 3.05) is 19.5 Å². The van der Waals surface area contributed by atoms with Gasteiger partial charge in [0.25, 0.3) is 0 Å². The second-order valence-corrected chi connectivity index (χ2v) is 7.31. The molecule has 0 saturated carbocycles. The molecule has 1 heterocycles. The number of anilines is 1. The van der Waals surface area contributed by atoms with Crippen LogP contribution in [0.3, 0.4) is 0 Å². The number of thiazole rings is 1. The number of nitrogens with zero attached hydrogens (tertiary/aromatic N) is 2. The zero-order valence-corrected chi connectivity index (χ0v) is 17.3. The minimum Gasteiger partial charge on any atom is -0.493 e. The summed E-state index contributed by atoms with van der Waals surface area (Å²) >= 11 is 13.4. The van der Waals surface area contributed by atoms with Crippen LogP contribution in [0.25, 0.3) is 16.8 Å². The predicted molar refractivity (Wildman–Crippen MR) is 114 cm³/mol. The molecule has 1 N–H and O–H groups in total. The van der Waals surface area contributed by atoms with Crippen LogP contribution < -0.4 is 14.8 Å². The smallest absolute Gasteiger partial charge is 0.161 e. The van der Waals surface area contributed by atoms with E-state index in [0.29, 0.717) is 37.8 Å². The van der Waals surface area contributed by atoms with Gasteiger partial charge in [-0.05, 0) is 36.4 Å². The van der Waals surface area contributed by atoms with Crippen molar-refractivity contribution in [1.29, 1.82) is 5.26 Å². The van der Waals surface area contributed by atoms with Gasteiger partial charge in [-0.25, -0.2) is 4.98 Å². The van der Waals surface area contributed by atoms with Crippen LogP contribution in [0.5, 0.6) is 11.5 Å². The largest absolute Gasteiger partial charge is 0.493 e. The Morgan fingerprint density at radius 3 is 2.46 bits per heavy atom. The van der Waals surface area contributed by atoms with Crippen molar-refractivity contribution < 1.29 is 9.47 Å². The van der Waals surface area contributed by atoms with E-state index in [2.05, 4.69) is 16.4 Å². The number of methoxy groups -OCH3 is 2. The molecule has 8 heteroatoms. The highest BCUT2D eigenvalue weighted by Crippen LogP contribution is 2.33. The lowest BCUT2D eigenvalue weighted by Gasteiger charge is -2.08. The molecular weight excluding hydrogens is 417 g/mol. The second kappa shape index (κ2) is 8.98. The SMILES string of the molecule is COc1ccc(-c2csc(/C(C#N)=C\Nc3cc(Cl)cc(Cl)c3)n2)cc1OC. The van der Waals surface area contributed by atoms with Gasteiger partial charge in [-0.1, -0.05) is 23.2 Å². The highest BCUT2D eigenvalue weighted by Gasteiger charge is 2.12. The van der Waals surface area contributed by atoms with Gasteiger partial charge in [0.05, 0.1) is 19.9 Å². The lowest BCUT2D eigenvalue weighted by molar-refractivity contribution is 0.355. The molecule has 3 aromatic rings. The van der Waals surface area contributed by atoms with Crippen molar-refractivity contribution >= 4 is 45.8 Å². The molecule has 0 radical (unpaired) electrons. The highest BCUT2D eigenvalue weighted by atomic mass is 35.5. The summed E-state index contributed by atoms with van der Waals surface area (Å²) in [6, 6.07) is 12.8. The van der Waals surface area contributed by atoms with Gasteiger partial charge < -0.3 is 14.8 Å². The maximum atomic E-state index is 9.52. The first kappa shape index (κ1) is 20.0. The number of aromatic nitrogens is 1. The summed E-state index contributed by atoms with van der Waals surface area (Å²) in [6.45, 7) is 0. The molecule has 0 bridgehead atoms. The third-order valence-corrected chi connectivity index (χ3v) is 5.09. The molecule has 0 aliphatic carbocycles. The van der Waals surface area contributed by atoms with Gasteiger partial charge in [-0.2, -0.15) is 5.26 Å². The maximum Gasteiger partial charge on any atom is 0.161 e. The topological polar surface area (TPSA) is 67.2 Å². The Bertz CT molecular complexity index is 1050. The molecular formula is C20H15Cl2N3O2S. The van der Waals surface area contributed by atoms with Crippen molar-refractivity contribution in [3.8, 4) is 28.8 Å². The molecule has 28 heavy (non-hydrogen) atoms. The number of benzene rings is 2. The summed E-state index contributed by atoms with van der Waals surface area (Å²) in [6.07, 6.45) is 1.58. The van der Waals surface area contributed by atoms with E-state index in [1.807, 2.05) is 23.6 Å². The number of halogens is 2. The Balaban J connectivity index is 1.86. The minimum atomic E-state index is 0.396. The zero-order valence-electron chi connectivity index (χ0n) is 15.0. The normalized spacial score (nSPS) is 11.0. The molecule has 0 atom stereocenters. The average molecular weight is 432 g/mol. The third-order valence-electron chi connectivity index (χ3n) is 3.78. The van der Waals surface area contributed by atoms with Gasteiger partial charge in [0.2, 0.25) is 0 Å². The summed E-state index contributed by atoms with van der Waals surface area (Å²) in [5.41, 5.74) is 2.69. The van der Waals surface area contributed by atoms with Crippen LogP contribution in [0, 0.1) is 11.3 Å². The first-order valence-corrected chi connectivity index (χ1v) is 9.69. The first-order valence-electron chi connectivity index (χ1n) is 8.05. The summed E-state index contributed by atoms with van der Waals surface area (Å²) in [4.78, 5) is 4.57. The van der Waals surface area contributed by atoms with E-state index >= 15 is 0 Å². The van der Waals surface area contributed by atoms with Crippen LogP contribution in [0.4, 0.5) is 5.69 Å². The van der Waals surface area contributed by atoms with Gasteiger partial charge in [0.1, 0.15) is 16.6 Å². The molecule has 1 aromatic heterocycles. The fraction of sp³-hybridized carbons (Fsp3) is 0.100. The number of nitriles is 1. The van der Waals surface area contributed by atoms with Crippen molar-refractivity contribution in [2.24, 2.45) is 0 Å². The number of nitrogens with one attached hydrogen (secondary N) is 1. The van der Waals surface area contributed by atoms with E-state index in [4.69, 9.17) is 32.7 Å². The van der Waals surface area contributed by atoms with E-state index < -0.39 is 0 Å². The van der Waals surface area contributed by atoms with Crippen LogP contribution in [-0.2, 0) is 0 Å². The Morgan fingerprint density at radius 2 is 1.82 bits per heavy atom. The fourth-order valence-corrected chi connectivity index (χ4v) is 3.78. The molecule has 0 amide bonds. The predicted octanol–water partition coefficient (Wildman–Crippen LogP) is 6.11. The minimum absolute atomic E-state index is 0.396. The van der Waals surface area contributed by atoms with Crippen LogP contribution in [-0.4, -0.2) is 19.2 Å². The van der Waals surface area contributed by atoms with Crippen molar-refractivity contribution in [3.05, 3.63) is 63.0 Å². The number of ether oxygens (including phenoxy) is 2. The van der Waals surface area contributed by atoms with E-state index in [1.165, 1.54) is 11.3 Å². The van der Waals surface area contributed by atoms with Gasteiger partial charge in [-0.3, -0.25) is 0 Å². The van der Waals surface area contributed by atoms with Crippen LogP contribution >= 0.6 is 34.5 Å². The summed E-state index contributed by atoms with van der Waals surface area (Å²) < 4.78 is 10.6. The van der Waals surface area contributed by atoms with Crippen LogP contribution in [0.15, 0.2) is 48.0 Å². The van der Waals surface area contributed by atoms with Gasteiger partial charge in [0, 0.05) is 32.9 Å². The van der Waals surface area contributed by atoms with Gasteiger partial charge in [0.15, 0.2) is 11.5 Å². The summed E-state index contributed by atoms with van der Waals surface area (Å²) in [5, 5.41) is 16.0. The molecule has 0 fully saturated rings. The Morgan fingerprint density at radius 1 is 1.11 bits per heavy atom. The molecule has 0 unspecified atom stereocenters. The van der Waals surface area contributed by atoms with Gasteiger partial charge >= 0.3 is 0 Å². The average Bonchev–Trinajstić information content (AvgIpc) is 3.17. The number of hydrogen-bond acceptors (Lipinski definition) is 6. The lowest BCUT2D eigenvalue weighted by atomic mass is 10.1. The third kappa shape index (κ3) is 4.57. The van der Waals surface area contributed by atoms with Crippen molar-refractivity contribution in [2.45, 2.75) is 0 Å². The monoisotopic (exact) mass is 431 g/mol. The van der Waals surface area contributed by atoms with E-state index in [1.54, 1.807) is 38.6 Å². The van der Waals surface area contributed by atoms with Crippen molar-refractivity contribution in [3.63, 3.8) is 0 Å². The van der Waals surface area contributed by atoms with Crippen LogP contribution in [0.2, 0.25) is 10.0 Å². The molecule has 5 nitrogen and oxygen atoms in total. The van der Waals surface area contributed by atoms with E-state index in [9.17, 15) is 5.26 Å². The molecule has 0 aliphatic rings. The Hall–Kier alpha value is -2.72.